The molecule has 1 aromatic carbocycles. The van der Waals surface area contributed by atoms with Crippen molar-refractivity contribution >= 4 is 49.2 Å². The van der Waals surface area contributed by atoms with Gasteiger partial charge in [0.15, 0.2) is 0 Å². The van der Waals surface area contributed by atoms with Crippen molar-refractivity contribution in [2.24, 2.45) is 5.41 Å². The van der Waals surface area contributed by atoms with E-state index in [0.717, 1.165) is 18.2 Å². The second-order valence-corrected chi connectivity index (χ2v) is 7.02. The van der Waals surface area contributed by atoms with Crippen molar-refractivity contribution < 1.29 is 14.3 Å². The number of rotatable bonds is 3. The van der Waals surface area contributed by atoms with E-state index in [-0.39, 0.29) is 5.41 Å². The minimum absolute atomic E-state index is 0.0296. The van der Waals surface area contributed by atoms with E-state index in [9.17, 15) is 9.59 Å². The van der Waals surface area contributed by atoms with Crippen LogP contribution in [0, 0.1) is 5.41 Å². The molecule has 2 aliphatic rings. The van der Waals surface area contributed by atoms with Crippen molar-refractivity contribution in [3.8, 4) is 0 Å². The van der Waals surface area contributed by atoms with Gasteiger partial charge in [-0.1, -0.05) is 22.0 Å². The summed E-state index contributed by atoms with van der Waals surface area (Å²) in [6, 6.07) is 5.49. The van der Waals surface area contributed by atoms with E-state index in [0.29, 0.717) is 35.5 Å². The molecule has 4 nitrogen and oxygen atoms in total. The van der Waals surface area contributed by atoms with Crippen LogP contribution in [0.5, 0.6) is 0 Å². The fourth-order valence-electron chi connectivity index (χ4n) is 2.93. The fraction of sp³-hybridized carbons (Fsp3) is 0.467. The van der Waals surface area contributed by atoms with E-state index in [4.69, 9.17) is 4.74 Å². The standard InChI is InChI=1S/C15H15Br2NO3/c16-8-15(4-6-21-7-5-15)9-18-11-3-1-2-10(17)12(11)13(19)14(18)20/h1-3H,4-9H2. The summed E-state index contributed by atoms with van der Waals surface area (Å²) in [6.45, 7) is 1.95. The Morgan fingerprint density at radius 2 is 1.95 bits per heavy atom. The number of hydrogen-bond donors (Lipinski definition) is 0. The predicted octanol–water partition coefficient (Wildman–Crippen LogP) is 3.17. The van der Waals surface area contributed by atoms with E-state index in [1.54, 1.807) is 11.0 Å². The van der Waals surface area contributed by atoms with Crippen LogP contribution in [0.2, 0.25) is 0 Å². The van der Waals surface area contributed by atoms with Crippen LogP contribution in [-0.2, 0) is 9.53 Å². The van der Waals surface area contributed by atoms with Gasteiger partial charge in [0, 0.05) is 35.0 Å². The Balaban J connectivity index is 1.95. The summed E-state index contributed by atoms with van der Waals surface area (Å²) in [5.74, 6) is -0.849. The quantitative estimate of drug-likeness (QED) is 0.561. The van der Waals surface area contributed by atoms with Crippen LogP contribution < -0.4 is 4.90 Å². The summed E-state index contributed by atoms with van der Waals surface area (Å²) >= 11 is 6.95. The van der Waals surface area contributed by atoms with Gasteiger partial charge in [-0.25, -0.2) is 0 Å². The first-order valence-electron chi connectivity index (χ1n) is 6.86. The summed E-state index contributed by atoms with van der Waals surface area (Å²) in [7, 11) is 0. The molecule has 2 heterocycles. The molecule has 0 unspecified atom stereocenters. The molecule has 0 radical (unpaired) electrons. The lowest BCUT2D eigenvalue weighted by atomic mass is 9.82. The molecule has 0 aliphatic carbocycles. The maximum Gasteiger partial charge on any atom is 0.299 e. The van der Waals surface area contributed by atoms with Crippen LogP contribution in [-0.4, -0.2) is 36.8 Å². The Labute approximate surface area is 140 Å². The maximum absolute atomic E-state index is 12.4. The zero-order chi connectivity index (χ0) is 15.0. The van der Waals surface area contributed by atoms with Crippen molar-refractivity contribution in [2.45, 2.75) is 12.8 Å². The Hall–Kier alpha value is -0.720. The van der Waals surface area contributed by atoms with Crippen LogP contribution in [0.1, 0.15) is 23.2 Å². The summed E-state index contributed by atoms with van der Waals surface area (Å²) in [5.41, 5.74) is 1.17. The molecule has 0 bridgehead atoms. The highest BCUT2D eigenvalue weighted by atomic mass is 79.9. The molecular weight excluding hydrogens is 402 g/mol. The van der Waals surface area contributed by atoms with E-state index in [1.807, 2.05) is 12.1 Å². The molecule has 0 saturated carbocycles. The van der Waals surface area contributed by atoms with Gasteiger partial charge >= 0.3 is 0 Å². The molecule has 21 heavy (non-hydrogen) atoms. The average Bonchev–Trinajstić information content (AvgIpc) is 2.74. The Morgan fingerprint density at radius 3 is 2.62 bits per heavy atom. The molecule has 3 rings (SSSR count). The van der Waals surface area contributed by atoms with E-state index in [1.165, 1.54) is 0 Å². The number of ether oxygens (including phenoxy) is 1. The van der Waals surface area contributed by atoms with Gasteiger partial charge in [-0.15, -0.1) is 0 Å². The third kappa shape index (κ3) is 2.58. The van der Waals surface area contributed by atoms with Gasteiger partial charge in [0.05, 0.1) is 11.3 Å². The minimum Gasteiger partial charge on any atom is -0.381 e. The third-order valence-corrected chi connectivity index (χ3v) is 6.13. The number of anilines is 1. The molecule has 1 saturated heterocycles. The molecule has 1 fully saturated rings. The smallest absolute Gasteiger partial charge is 0.299 e. The van der Waals surface area contributed by atoms with Crippen LogP contribution in [0.15, 0.2) is 22.7 Å². The summed E-state index contributed by atoms with van der Waals surface area (Å²) in [6.07, 6.45) is 1.78. The highest BCUT2D eigenvalue weighted by Crippen LogP contribution is 2.40. The second-order valence-electron chi connectivity index (χ2n) is 5.60. The number of fused-ring (bicyclic) bond motifs is 1. The van der Waals surface area contributed by atoms with Crippen molar-refractivity contribution in [3.05, 3.63) is 28.2 Å². The lowest BCUT2D eigenvalue weighted by Gasteiger charge is -2.38. The predicted molar refractivity (Wildman–Crippen MR) is 87.1 cm³/mol. The van der Waals surface area contributed by atoms with Gasteiger partial charge in [0.2, 0.25) is 0 Å². The van der Waals surface area contributed by atoms with Gasteiger partial charge in [-0.05, 0) is 40.9 Å². The molecule has 0 N–H and O–H groups in total. The Bertz CT molecular complexity index is 597. The van der Waals surface area contributed by atoms with Gasteiger partial charge < -0.3 is 9.64 Å². The van der Waals surface area contributed by atoms with Crippen LogP contribution in [0.4, 0.5) is 5.69 Å². The number of carbonyl (C=O) groups excluding carboxylic acids is 2. The lowest BCUT2D eigenvalue weighted by molar-refractivity contribution is -0.114. The topological polar surface area (TPSA) is 46.6 Å². The number of ketones is 1. The van der Waals surface area contributed by atoms with E-state index >= 15 is 0 Å². The largest absolute Gasteiger partial charge is 0.381 e. The molecular formula is C15H15Br2NO3. The molecule has 6 heteroatoms. The summed E-state index contributed by atoms with van der Waals surface area (Å²) < 4.78 is 6.11. The first kappa shape index (κ1) is 15.2. The monoisotopic (exact) mass is 415 g/mol. The first-order valence-corrected chi connectivity index (χ1v) is 8.78. The third-order valence-electron chi connectivity index (χ3n) is 4.28. The maximum atomic E-state index is 12.4. The van der Waals surface area contributed by atoms with Crippen molar-refractivity contribution in [1.29, 1.82) is 0 Å². The molecule has 112 valence electrons. The number of alkyl halides is 1. The van der Waals surface area contributed by atoms with Crippen LogP contribution in [0.25, 0.3) is 0 Å². The number of carbonyl (C=O) groups is 2. The molecule has 0 aromatic heterocycles. The highest BCUT2D eigenvalue weighted by molar-refractivity contribution is 9.10. The van der Waals surface area contributed by atoms with Gasteiger partial charge in [-0.2, -0.15) is 0 Å². The first-order chi connectivity index (χ1) is 10.1. The van der Waals surface area contributed by atoms with Crippen molar-refractivity contribution in [2.75, 3.05) is 30.0 Å². The van der Waals surface area contributed by atoms with E-state index in [2.05, 4.69) is 31.9 Å². The average molecular weight is 417 g/mol. The Kier molecular flexibility index (Phi) is 4.21. The molecule has 2 aliphatic heterocycles. The Morgan fingerprint density at radius 1 is 1.24 bits per heavy atom. The minimum atomic E-state index is -0.427. The van der Waals surface area contributed by atoms with Crippen molar-refractivity contribution in [1.82, 2.24) is 0 Å². The zero-order valence-electron chi connectivity index (χ0n) is 11.4. The SMILES string of the molecule is O=C1C(=O)N(CC2(CBr)CCOCC2)c2cccc(Br)c21. The van der Waals surface area contributed by atoms with Gasteiger partial charge in [-0.3, -0.25) is 9.59 Å². The number of hydrogen-bond acceptors (Lipinski definition) is 3. The van der Waals surface area contributed by atoms with Gasteiger partial charge in [0.25, 0.3) is 11.7 Å². The normalized spacial score (nSPS) is 20.8. The van der Waals surface area contributed by atoms with Gasteiger partial charge in [0.1, 0.15) is 0 Å². The molecule has 0 atom stereocenters. The summed E-state index contributed by atoms with van der Waals surface area (Å²) in [5, 5.41) is 0.796. The number of amides is 1. The number of halogens is 2. The summed E-state index contributed by atoms with van der Waals surface area (Å²) in [4.78, 5) is 26.2. The van der Waals surface area contributed by atoms with Crippen LogP contribution >= 0.6 is 31.9 Å². The molecule has 1 amide bonds. The number of nitrogens with zero attached hydrogens (tertiary/aromatic N) is 1. The number of Topliss-reactive ketones (excluding diaryl/α,β-unsaturated/α-hetero) is 1. The lowest BCUT2D eigenvalue weighted by Crippen LogP contribution is -2.44. The van der Waals surface area contributed by atoms with Crippen molar-refractivity contribution in [3.63, 3.8) is 0 Å². The number of benzene rings is 1. The van der Waals surface area contributed by atoms with E-state index < -0.39 is 11.7 Å². The fourth-order valence-corrected chi connectivity index (χ4v) is 4.21. The zero-order valence-corrected chi connectivity index (χ0v) is 14.6. The molecule has 0 spiro atoms. The molecule has 1 aromatic rings. The second kappa shape index (κ2) is 5.82. The van der Waals surface area contributed by atoms with Crippen LogP contribution in [0.3, 0.4) is 0 Å². The highest BCUT2D eigenvalue weighted by Gasteiger charge is 2.42.